The van der Waals surface area contributed by atoms with Crippen molar-refractivity contribution < 1.29 is 42.0 Å². The van der Waals surface area contributed by atoms with Gasteiger partial charge in [-0.25, -0.2) is 4.57 Å². The number of phosphoric acid groups is 1. The number of nitrogens with two attached hydrogens (primary N) is 2. The summed E-state index contributed by atoms with van der Waals surface area (Å²) in [5.74, 6) is -1.19. The second kappa shape index (κ2) is 44.5. The van der Waals surface area contributed by atoms with Gasteiger partial charge in [-0.2, -0.15) is 0 Å². The van der Waals surface area contributed by atoms with E-state index in [9.17, 15) is 18.9 Å². The Morgan fingerprint density at radius 1 is 0.590 bits per heavy atom. The summed E-state index contributed by atoms with van der Waals surface area (Å²) in [5, 5.41) is 2.65. The molecule has 13 heteroatoms. The van der Waals surface area contributed by atoms with Gasteiger partial charge < -0.3 is 26.3 Å². The van der Waals surface area contributed by atoms with E-state index >= 15 is 0 Å². The van der Waals surface area contributed by atoms with Gasteiger partial charge in [-0.15, -0.1) is 0 Å². The van der Waals surface area contributed by atoms with E-state index < -0.39 is 25.9 Å². The molecule has 0 bridgehead atoms. The average Bonchev–Trinajstić information content (AvgIpc) is 3.26. The highest BCUT2D eigenvalue weighted by Crippen LogP contribution is 2.48. The van der Waals surface area contributed by atoms with E-state index in [0.29, 0.717) is 25.8 Å². The van der Waals surface area contributed by atoms with Gasteiger partial charge in [0, 0.05) is 26.5 Å². The number of esters is 2. The van der Waals surface area contributed by atoms with E-state index in [1.807, 2.05) is 0 Å². The minimum absolute atomic E-state index is 0.0302. The minimum atomic E-state index is -4.09. The van der Waals surface area contributed by atoms with Crippen molar-refractivity contribution in [3.63, 3.8) is 0 Å². The van der Waals surface area contributed by atoms with E-state index in [4.69, 9.17) is 34.5 Å². The fourth-order valence-electron chi connectivity index (χ4n) is 6.72. The zero-order valence-corrected chi connectivity index (χ0v) is 40.1. The lowest BCUT2D eigenvalue weighted by molar-refractivity contribution is -0.161. The molecule has 0 spiro atoms. The Morgan fingerprint density at radius 2 is 1.05 bits per heavy atom. The summed E-state index contributed by atoms with van der Waals surface area (Å²) in [4.78, 5) is 37.7. The first kappa shape index (κ1) is 58.9. The lowest BCUT2D eigenvalue weighted by Gasteiger charge is -2.21. The molecule has 1 amide bonds. The minimum Gasteiger partial charge on any atom is -0.462 e. The summed E-state index contributed by atoms with van der Waals surface area (Å²) >= 11 is 0. The summed E-state index contributed by atoms with van der Waals surface area (Å²) in [6, 6.07) is -0.682. The van der Waals surface area contributed by atoms with Gasteiger partial charge in [0.1, 0.15) is 6.61 Å². The standard InChI is InChI=1S/C48H92N3O9P/c1-4-6-8-10-12-14-16-18-20-22-24-26-28-30-32-37-46(52)57-42-44(43-59-61(55,56-3)58-41-40-51-48(54)45(50)36-34-35-39-49)60-47(53)38-33-31-29-27-25-23-21-19-17-15-13-11-9-7-5-2/h18-21,44-45H,4-17,22-43,49-50H2,1-3H3,(H,51,54)/b20-18-,21-19-. The van der Waals surface area contributed by atoms with Crippen LogP contribution in [0.5, 0.6) is 0 Å². The SMILES string of the molecule is CCCCCCCC/C=C\CCCCCCCC(=O)OCC(COP(=O)(OC)OCCNC(=O)C(N)CCCCN)OC(=O)CCCCCCC/C=C\CCCCCCCC. The van der Waals surface area contributed by atoms with Crippen LogP contribution in [0.3, 0.4) is 0 Å². The molecule has 0 fully saturated rings. The van der Waals surface area contributed by atoms with Crippen molar-refractivity contribution in [3.05, 3.63) is 24.3 Å². The van der Waals surface area contributed by atoms with Crippen LogP contribution in [-0.4, -0.2) is 70.0 Å². The third kappa shape index (κ3) is 40.4. The van der Waals surface area contributed by atoms with Crippen molar-refractivity contribution in [2.75, 3.05) is 40.0 Å². The summed E-state index contributed by atoms with van der Waals surface area (Å²) < 4.78 is 40.2. The highest BCUT2D eigenvalue weighted by molar-refractivity contribution is 7.48. The van der Waals surface area contributed by atoms with Crippen LogP contribution in [0, 0.1) is 0 Å². The van der Waals surface area contributed by atoms with Crippen LogP contribution in [0.1, 0.15) is 213 Å². The van der Waals surface area contributed by atoms with Gasteiger partial charge in [-0.05, 0) is 83.6 Å². The molecule has 0 saturated carbocycles. The highest BCUT2D eigenvalue weighted by atomic mass is 31.2. The molecule has 0 aliphatic rings. The van der Waals surface area contributed by atoms with Crippen LogP contribution < -0.4 is 16.8 Å². The Balaban J connectivity index is 4.69. The normalized spacial score (nSPS) is 13.7. The van der Waals surface area contributed by atoms with Crippen molar-refractivity contribution in [1.29, 1.82) is 0 Å². The van der Waals surface area contributed by atoms with Crippen LogP contribution >= 0.6 is 7.82 Å². The van der Waals surface area contributed by atoms with E-state index in [2.05, 4.69) is 43.5 Å². The molecule has 0 aromatic carbocycles. The number of ether oxygens (including phenoxy) is 2. The van der Waals surface area contributed by atoms with Crippen molar-refractivity contribution in [1.82, 2.24) is 5.32 Å². The first-order valence-corrected chi connectivity index (χ1v) is 26.0. The number of nitrogens with one attached hydrogen (secondary N) is 1. The molecule has 0 aromatic rings. The Bertz CT molecular complexity index is 1140. The first-order chi connectivity index (χ1) is 29.7. The van der Waals surface area contributed by atoms with Crippen LogP contribution in [-0.2, 0) is 42.0 Å². The van der Waals surface area contributed by atoms with Crippen molar-refractivity contribution in [2.45, 2.75) is 225 Å². The summed E-state index contributed by atoms with van der Waals surface area (Å²) in [7, 11) is -2.91. The Kier molecular flexibility index (Phi) is 43.0. The molecule has 0 aliphatic heterocycles. The molecule has 0 rings (SSSR count). The topological polar surface area (TPSA) is 178 Å². The molecule has 3 atom stereocenters. The third-order valence-electron chi connectivity index (χ3n) is 10.6. The van der Waals surface area contributed by atoms with Crippen molar-refractivity contribution >= 4 is 25.7 Å². The zero-order valence-electron chi connectivity index (χ0n) is 39.2. The second-order valence-corrected chi connectivity index (χ2v) is 18.2. The molecular weight excluding hydrogens is 794 g/mol. The molecule has 3 unspecified atom stereocenters. The molecule has 5 N–H and O–H groups in total. The average molecular weight is 886 g/mol. The van der Waals surface area contributed by atoms with Crippen LogP contribution in [0.2, 0.25) is 0 Å². The quantitative estimate of drug-likeness (QED) is 0.0229. The number of unbranched alkanes of at least 4 members (excludes halogenated alkanes) is 23. The number of hydrogen-bond acceptors (Lipinski definition) is 11. The fraction of sp³-hybridized carbons (Fsp3) is 0.854. The number of allylic oxidation sites excluding steroid dienone is 4. The summed E-state index contributed by atoms with van der Waals surface area (Å²) in [5.41, 5.74) is 11.4. The summed E-state index contributed by atoms with van der Waals surface area (Å²) in [6.07, 6.45) is 40.9. The van der Waals surface area contributed by atoms with Gasteiger partial charge in [0.05, 0.1) is 19.3 Å². The van der Waals surface area contributed by atoms with Crippen LogP contribution in [0.25, 0.3) is 0 Å². The number of rotatable bonds is 46. The maximum atomic E-state index is 13.2. The lowest BCUT2D eigenvalue weighted by Crippen LogP contribution is -2.41. The van der Waals surface area contributed by atoms with E-state index in [1.54, 1.807) is 0 Å². The summed E-state index contributed by atoms with van der Waals surface area (Å²) in [6.45, 7) is 4.27. The Labute approximate surface area is 372 Å². The van der Waals surface area contributed by atoms with Gasteiger partial charge in [-0.3, -0.25) is 28.0 Å². The predicted molar refractivity (Wildman–Crippen MR) is 250 cm³/mol. The van der Waals surface area contributed by atoms with Gasteiger partial charge in [0.2, 0.25) is 5.91 Å². The Hall–Kier alpha value is -2.08. The zero-order chi connectivity index (χ0) is 44.9. The third-order valence-corrected chi connectivity index (χ3v) is 12.0. The van der Waals surface area contributed by atoms with Crippen LogP contribution in [0.4, 0.5) is 0 Å². The van der Waals surface area contributed by atoms with Crippen molar-refractivity contribution in [3.8, 4) is 0 Å². The second-order valence-electron chi connectivity index (χ2n) is 16.4. The molecular formula is C48H92N3O9P. The predicted octanol–water partition coefficient (Wildman–Crippen LogP) is 11.9. The van der Waals surface area contributed by atoms with Gasteiger partial charge in [0.15, 0.2) is 6.10 Å². The molecule has 0 aromatic heterocycles. The van der Waals surface area contributed by atoms with Gasteiger partial charge in [0.25, 0.3) is 0 Å². The molecule has 0 saturated heterocycles. The Morgan fingerprint density at radius 3 is 1.52 bits per heavy atom. The number of amides is 1. The van der Waals surface area contributed by atoms with E-state index in [1.165, 1.54) is 97.0 Å². The number of phosphoric ester groups is 1. The van der Waals surface area contributed by atoms with Crippen LogP contribution in [0.15, 0.2) is 24.3 Å². The largest absolute Gasteiger partial charge is 0.474 e. The van der Waals surface area contributed by atoms with Gasteiger partial charge in [-0.1, -0.05) is 147 Å². The molecule has 61 heavy (non-hydrogen) atoms. The number of hydrogen-bond donors (Lipinski definition) is 3. The van der Waals surface area contributed by atoms with E-state index in [-0.39, 0.29) is 51.1 Å². The van der Waals surface area contributed by atoms with E-state index in [0.717, 1.165) is 77.0 Å². The smallest absolute Gasteiger partial charge is 0.462 e. The molecule has 0 heterocycles. The molecule has 358 valence electrons. The number of carbonyl (C=O) groups is 3. The molecule has 0 radical (unpaired) electrons. The van der Waals surface area contributed by atoms with Crippen molar-refractivity contribution in [2.24, 2.45) is 11.5 Å². The maximum absolute atomic E-state index is 13.2. The lowest BCUT2D eigenvalue weighted by atomic mass is 10.1. The number of carbonyl (C=O) groups excluding carboxylic acids is 3. The molecule has 0 aliphatic carbocycles. The maximum Gasteiger partial charge on any atom is 0.474 e. The first-order valence-electron chi connectivity index (χ1n) is 24.5. The monoisotopic (exact) mass is 886 g/mol. The fourth-order valence-corrected chi connectivity index (χ4v) is 7.67. The molecule has 12 nitrogen and oxygen atoms in total. The van der Waals surface area contributed by atoms with Gasteiger partial charge >= 0.3 is 19.8 Å². The highest BCUT2D eigenvalue weighted by Gasteiger charge is 2.29.